The molecule has 0 aromatic carbocycles. The first-order chi connectivity index (χ1) is 6.16. The van der Waals surface area contributed by atoms with Gasteiger partial charge in [-0.15, -0.1) is 0 Å². The number of methoxy groups -OCH3 is 1. The van der Waals surface area contributed by atoms with Crippen molar-refractivity contribution in [3.8, 4) is 0 Å². The molecule has 0 heterocycles. The van der Waals surface area contributed by atoms with E-state index < -0.39 is 11.9 Å². The van der Waals surface area contributed by atoms with Crippen molar-refractivity contribution in [3.63, 3.8) is 0 Å². The van der Waals surface area contributed by atoms with Crippen LogP contribution in [0, 0.1) is 5.92 Å². The van der Waals surface area contributed by atoms with Gasteiger partial charge in [0.2, 0.25) is 0 Å². The summed E-state index contributed by atoms with van der Waals surface area (Å²) >= 11 is 0. The normalized spacial score (nSPS) is 19.8. The van der Waals surface area contributed by atoms with Gasteiger partial charge in [-0.05, 0) is 12.8 Å². The zero-order valence-corrected chi connectivity index (χ0v) is 7.54. The van der Waals surface area contributed by atoms with Crippen LogP contribution in [0.5, 0.6) is 0 Å². The summed E-state index contributed by atoms with van der Waals surface area (Å²) in [7, 11) is 1.19. The van der Waals surface area contributed by atoms with Crippen molar-refractivity contribution >= 4 is 17.5 Å². The van der Waals surface area contributed by atoms with E-state index in [4.69, 9.17) is 0 Å². The number of carbonyl (C=O) groups is 3. The summed E-state index contributed by atoms with van der Waals surface area (Å²) in [6, 6.07) is 0. The number of rotatable bonds is 1. The van der Waals surface area contributed by atoms with Crippen LogP contribution in [0.4, 0.5) is 0 Å². The summed E-state index contributed by atoms with van der Waals surface area (Å²) in [5, 5.41) is 0. The zero-order valence-electron chi connectivity index (χ0n) is 7.54. The van der Waals surface area contributed by atoms with Crippen LogP contribution in [0.25, 0.3) is 0 Å². The third-order valence-corrected chi connectivity index (χ3v) is 2.18. The number of Topliss-reactive ketones (excluding diaryl/α,β-unsaturated/α-hetero) is 2. The molecule has 1 rings (SSSR count). The van der Waals surface area contributed by atoms with E-state index in [1.54, 1.807) is 0 Å². The number of ketones is 2. The summed E-state index contributed by atoms with van der Waals surface area (Å²) in [4.78, 5) is 33.7. The van der Waals surface area contributed by atoms with Crippen LogP contribution >= 0.6 is 0 Å². The van der Waals surface area contributed by atoms with E-state index in [1.807, 2.05) is 0 Å². The Morgan fingerprint density at radius 2 is 1.69 bits per heavy atom. The highest BCUT2D eigenvalue weighted by molar-refractivity contribution is 6.17. The van der Waals surface area contributed by atoms with Crippen molar-refractivity contribution in [1.82, 2.24) is 0 Å². The first-order valence-corrected chi connectivity index (χ1v) is 4.30. The molecular formula is C9H12O4. The van der Waals surface area contributed by atoms with Crippen molar-refractivity contribution in [3.05, 3.63) is 0 Å². The van der Waals surface area contributed by atoms with Gasteiger partial charge in [-0.3, -0.25) is 14.4 Å². The van der Waals surface area contributed by atoms with E-state index in [-0.39, 0.29) is 11.6 Å². The average Bonchev–Trinajstić information content (AvgIpc) is 2.27. The van der Waals surface area contributed by atoms with Crippen molar-refractivity contribution in [1.29, 1.82) is 0 Å². The van der Waals surface area contributed by atoms with Crippen LogP contribution < -0.4 is 0 Å². The fraction of sp³-hybridized carbons (Fsp3) is 0.667. The lowest BCUT2D eigenvalue weighted by molar-refractivity contribution is -0.152. The molecule has 0 aromatic rings. The quantitative estimate of drug-likeness (QED) is 0.338. The molecule has 4 heteroatoms. The molecule has 0 radical (unpaired) electrons. The van der Waals surface area contributed by atoms with Gasteiger partial charge in [0.05, 0.1) is 7.11 Å². The second-order valence-corrected chi connectivity index (χ2v) is 3.10. The monoisotopic (exact) mass is 184 g/mol. The minimum absolute atomic E-state index is 0.297. The molecule has 1 aliphatic rings. The van der Waals surface area contributed by atoms with E-state index in [9.17, 15) is 14.4 Å². The molecule has 4 nitrogen and oxygen atoms in total. The van der Waals surface area contributed by atoms with E-state index in [2.05, 4.69) is 4.74 Å². The van der Waals surface area contributed by atoms with Gasteiger partial charge in [0.1, 0.15) is 0 Å². The van der Waals surface area contributed by atoms with Crippen molar-refractivity contribution in [2.24, 2.45) is 5.92 Å². The molecule has 13 heavy (non-hydrogen) atoms. The molecule has 72 valence electrons. The summed E-state index contributed by atoms with van der Waals surface area (Å²) in [6.45, 7) is 0. The highest BCUT2D eigenvalue weighted by atomic mass is 16.5. The van der Waals surface area contributed by atoms with Crippen LogP contribution in [0.15, 0.2) is 0 Å². The summed E-state index contributed by atoms with van der Waals surface area (Å²) in [5.41, 5.74) is 0. The Hall–Kier alpha value is -1.19. The smallest absolute Gasteiger partial charge is 0.323 e. The molecule has 0 bridgehead atoms. The SMILES string of the molecule is COC(=O)C1C(=O)CCCCC1=O. The molecule has 0 atom stereocenters. The number of esters is 1. The maximum atomic E-state index is 11.3. The van der Waals surface area contributed by atoms with Crippen LogP contribution in [0.3, 0.4) is 0 Å². The second kappa shape index (κ2) is 4.16. The Bertz CT molecular complexity index is 226. The Balaban J connectivity index is 2.81. The molecular weight excluding hydrogens is 172 g/mol. The lowest BCUT2D eigenvalue weighted by Gasteiger charge is -2.07. The largest absolute Gasteiger partial charge is 0.468 e. The third kappa shape index (κ3) is 2.14. The van der Waals surface area contributed by atoms with Gasteiger partial charge in [-0.25, -0.2) is 0 Å². The maximum Gasteiger partial charge on any atom is 0.323 e. The van der Waals surface area contributed by atoms with Gasteiger partial charge in [-0.1, -0.05) is 0 Å². The van der Waals surface area contributed by atoms with Crippen molar-refractivity contribution < 1.29 is 19.1 Å². The van der Waals surface area contributed by atoms with E-state index in [0.717, 1.165) is 0 Å². The van der Waals surface area contributed by atoms with E-state index in [1.165, 1.54) is 7.11 Å². The first-order valence-electron chi connectivity index (χ1n) is 4.30. The van der Waals surface area contributed by atoms with E-state index >= 15 is 0 Å². The van der Waals surface area contributed by atoms with Crippen LogP contribution in [-0.2, 0) is 19.1 Å². The Morgan fingerprint density at radius 1 is 1.23 bits per heavy atom. The lowest BCUT2D eigenvalue weighted by atomic mass is 9.98. The van der Waals surface area contributed by atoms with Crippen LogP contribution in [0.2, 0.25) is 0 Å². The lowest BCUT2D eigenvalue weighted by Crippen LogP contribution is -2.31. The van der Waals surface area contributed by atoms with Crippen LogP contribution in [-0.4, -0.2) is 24.6 Å². The third-order valence-electron chi connectivity index (χ3n) is 2.18. The summed E-state index contributed by atoms with van der Waals surface area (Å²) < 4.78 is 4.41. The van der Waals surface area contributed by atoms with E-state index in [0.29, 0.717) is 25.7 Å². The Kier molecular flexibility index (Phi) is 3.17. The molecule has 0 saturated heterocycles. The molecule has 0 unspecified atom stereocenters. The molecule has 1 fully saturated rings. The second-order valence-electron chi connectivity index (χ2n) is 3.10. The predicted molar refractivity (Wildman–Crippen MR) is 44.0 cm³/mol. The fourth-order valence-corrected chi connectivity index (χ4v) is 1.45. The number of ether oxygens (including phenoxy) is 1. The van der Waals surface area contributed by atoms with Gasteiger partial charge in [0, 0.05) is 12.8 Å². The molecule has 0 aromatic heterocycles. The summed E-state index contributed by atoms with van der Waals surface area (Å²) in [6.07, 6.45) is 2.01. The highest BCUT2D eigenvalue weighted by Crippen LogP contribution is 2.17. The maximum absolute atomic E-state index is 11.3. The molecule has 0 spiro atoms. The van der Waals surface area contributed by atoms with Gasteiger partial charge >= 0.3 is 5.97 Å². The minimum Gasteiger partial charge on any atom is -0.468 e. The van der Waals surface area contributed by atoms with Crippen molar-refractivity contribution in [2.45, 2.75) is 25.7 Å². The number of carbonyl (C=O) groups excluding carboxylic acids is 3. The predicted octanol–water partition coefficient (Wildman–Crippen LogP) is 0.488. The molecule has 0 N–H and O–H groups in total. The average molecular weight is 184 g/mol. The number of hydrogen-bond acceptors (Lipinski definition) is 4. The van der Waals surface area contributed by atoms with Gasteiger partial charge in [-0.2, -0.15) is 0 Å². The van der Waals surface area contributed by atoms with Crippen molar-refractivity contribution in [2.75, 3.05) is 7.11 Å². The topological polar surface area (TPSA) is 60.4 Å². The van der Waals surface area contributed by atoms with Gasteiger partial charge < -0.3 is 4.74 Å². The molecule has 1 aliphatic carbocycles. The fourth-order valence-electron chi connectivity index (χ4n) is 1.45. The van der Waals surface area contributed by atoms with Gasteiger partial charge in [0.25, 0.3) is 0 Å². The molecule has 1 saturated carbocycles. The molecule has 0 amide bonds. The first kappa shape index (κ1) is 9.89. The zero-order chi connectivity index (χ0) is 9.84. The summed E-state index contributed by atoms with van der Waals surface area (Å²) in [5.74, 6) is -2.45. The highest BCUT2D eigenvalue weighted by Gasteiger charge is 2.35. The van der Waals surface area contributed by atoms with Crippen LogP contribution in [0.1, 0.15) is 25.7 Å². The standard InChI is InChI=1S/C9H12O4/c1-13-9(12)8-6(10)4-2-3-5-7(8)11/h8H,2-5H2,1H3. The Labute approximate surface area is 76.3 Å². The number of hydrogen-bond donors (Lipinski definition) is 0. The Morgan fingerprint density at radius 3 is 2.08 bits per heavy atom. The van der Waals surface area contributed by atoms with Gasteiger partial charge in [0.15, 0.2) is 17.5 Å². The molecule has 0 aliphatic heterocycles. The minimum atomic E-state index is -1.15.